The summed E-state index contributed by atoms with van der Waals surface area (Å²) in [5, 5.41) is 0.777. The standard InChI is InChI=1S/C30H28FN3O7/c1-5-38-29(37)41-23-16-34(27(35)18-8-10-19(31)11-9-18)17-30(2,3)25-21-13-12-20(15-22(21)32-26(23)25)40-28(36)33(4)24-7-6-14-39-24/h6-16,32H,5,17H2,1-4H3. The number of anilines is 1. The lowest BCUT2D eigenvalue weighted by molar-refractivity contribution is 0.0788. The predicted molar refractivity (Wildman–Crippen MR) is 148 cm³/mol. The first kappa shape index (κ1) is 27.5. The van der Waals surface area contributed by atoms with Gasteiger partial charge in [0.05, 0.1) is 24.8 Å². The molecule has 1 aliphatic heterocycles. The Hall–Kier alpha value is -5.06. The highest BCUT2D eigenvalue weighted by atomic mass is 19.1. The van der Waals surface area contributed by atoms with E-state index in [2.05, 4.69) is 4.98 Å². The lowest BCUT2D eigenvalue weighted by Gasteiger charge is -2.29. The van der Waals surface area contributed by atoms with E-state index in [1.54, 1.807) is 37.3 Å². The summed E-state index contributed by atoms with van der Waals surface area (Å²) in [5.74, 6) is -0.187. The number of aromatic amines is 1. The topological polar surface area (TPSA) is 114 Å². The van der Waals surface area contributed by atoms with Gasteiger partial charge in [0.2, 0.25) is 5.88 Å². The highest BCUT2D eigenvalue weighted by molar-refractivity contribution is 5.97. The average molecular weight is 562 g/mol. The van der Waals surface area contributed by atoms with Gasteiger partial charge in [-0.05, 0) is 55.0 Å². The molecule has 0 saturated heterocycles. The number of carbonyl (C=O) groups is 3. The van der Waals surface area contributed by atoms with Gasteiger partial charge in [-0.15, -0.1) is 0 Å². The molecule has 11 heteroatoms. The van der Waals surface area contributed by atoms with Gasteiger partial charge in [0.1, 0.15) is 11.6 Å². The van der Waals surface area contributed by atoms with E-state index < -0.39 is 29.4 Å². The third-order valence-electron chi connectivity index (χ3n) is 6.66. The summed E-state index contributed by atoms with van der Waals surface area (Å²) in [6, 6.07) is 13.6. The first-order valence-corrected chi connectivity index (χ1v) is 12.9. The second-order valence-electron chi connectivity index (χ2n) is 10.1. The van der Waals surface area contributed by atoms with Crippen LogP contribution < -0.4 is 9.64 Å². The molecule has 0 fully saturated rings. The Labute approximate surface area is 234 Å². The second-order valence-corrected chi connectivity index (χ2v) is 10.1. The number of fused-ring (bicyclic) bond motifs is 3. The monoisotopic (exact) mass is 561 g/mol. The molecule has 1 aliphatic rings. The molecule has 0 saturated carbocycles. The molecule has 5 rings (SSSR count). The van der Waals surface area contributed by atoms with Crippen molar-refractivity contribution < 1.29 is 37.4 Å². The number of H-pyrrole nitrogens is 1. The van der Waals surface area contributed by atoms with E-state index in [1.165, 1.54) is 53.6 Å². The Kier molecular flexibility index (Phi) is 7.27. The minimum atomic E-state index is -0.937. The number of amides is 2. The van der Waals surface area contributed by atoms with E-state index in [4.69, 9.17) is 18.6 Å². The maximum absolute atomic E-state index is 13.5. The molecule has 0 spiro atoms. The van der Waals surface area contributed by atoms with E-state index in [9.17, 15) is 18.8 Å². The fourth-order valence-electron chi connectivity index (χ4n) is 4.81. The smallest absolute Gasteiger partial charge is 0.448 e. The van der Waals surface area contributed by atoms with Crippen LogP contribution in [0, 0.1) is 5.82 Å². The first-order chi connectivity index (χ1) is 19.6. The number of hydrogen-bond donors (Lipinski definition) is 1. The number of carbonyl (C=O) groups excluding carboxylic acids is 3. The van der Waals surface area contributed by atoms with Gasteiger partial charge in [-0.2, -0.15) is 0 Å². The van der Waals surface area contributed by atoms with E-state index >= 15 is 0 Å². The van der Waals surface area contributed by atoms with Crippen LogP contribution >= 0.6 is 0 Å². The number of aromatic nitrogens is 1. The fraction of sp³-hybridized carbons (Fsp3) is 0.233. The lowest BCUT2D eigenvalue weighted by Crippen LogP contribution is -2.36. The summed E-state index contributed by atoms with van der Waals surface area (Å²) in [7, 11) is 1.53. The Balaban J connectivity index is 1.54. The molecule has 1 N–H and O–H groups in total. The molecule has 3 heterocycles. The van der Waals surface area contributed by atoms with Gasteiger partial charge in [0.25, 0.3) is 5.91 Å². The minimum absolute atomic E-state index is 0.0618. The van der Waals surface area contributed by atoms with Crippen LogP contribution in [0.25, 0.3) is 16.7 Å². The van der Waals surface area contributed by atoms with Crippen LogP contribution in [-0.2, 0) is 14.9 Å². The van der Waals surface area contributed by atoms with Crippen LogP contribution in [0.1, 0.15) is 42.4 Å². The van der Waals surface area contributed by atoms with Crippen molar-refractivity contribution in [3.63, 3.8) is 0 Å². The molecule has 41 heavy (non-hydrogen) atoms. The zero-order valence-electron chi connectivity index (χ0n) is 22.9. The van der Waals surface area contributed by atoms with Crippen molar-refractivity contribution in [3.05, 3.63) is 89.7 Å². The van der Waals surface area contributed by atoms with Crippen molar-refractivity contribution in [2.24, 2.45) is 0 Å². The van der Waals surface area contributed by atoms with Crippen LogP contribution in [-0.4, -0.2) is 48.2 Å². The number of furan rings is 1. The second kappa shape index (κ2) is 10.8. The summed E-state index contributed by atoms with van der Waals surface area (Å²) in [4.78, 5) is 44.5. The zero-order chi connectivity index (χ0) is 29.3. The Bertz CT molecular complexity index is 1640. The van der Waals surface area contributed by atoms with Gasteiger partial charge in [-0.25, -0.2) is 14.0 Å². The predicted octanol–water partition coefficient (Wildman–Crippen LogP) is 6.44. The number of halogens is 1. The van der Waals surface area contributed by atoms with E-state index in [0.717, 1.165) is 10.9 Å². The molecule has 0 radical (unpaired) electrons. The SMILES string of the molecule is CCOC(=O)OC1=CN(C(=O)c2ccc(F)cc2)CC(C)(C)c2c1[nH]c1cc(OC(=O)N(C)c3ccco3)ccc21. The zero-order valence-corrected chi connectivity index (χ0v) is 22.9. The van der Waals surface area contributed by atoms with Gasteiger partial charge in [-0.1, -0.05) is 13.8 Å². The fourth-order valence-corrected chi connectivity index (χ4v) is 4.81. The molecule has 4 aromatic rings. The highest BCUT2D eigenvalue weighted by Crippen LogP contribution is 2.41. The Morgan fingerprint density at radius 3 is 2.54 bits per heavy atom. The van der Waals surface area contributed by atoms with Crippen molar-refractivity contribution in [1.29, 1.82) is 0 Å². The van der Waals surface area contributed by atoms with E-state index in [1.807, 2.05) is 13.8 Å². The molecule has 212 valence electrons. The van der Waals surface area contributed by atoms with Gasteiger partial charge in [0, 0.05) is 47.6 Å². The maximum Gasteiger partial charge on any atom is 0.513 e. The lowest BCUT2D eigenvalue weighted by atomic mass is 9.82. The quantitative estimate of drug-likeness (QED) is 0.279. The first-order valence-electron chi connectivity index (χ1n) is 12.9. The van der Waals surface area contributed by atoms with Crippen molar-refractivity contribution in [1.82, 2.24) is 9.88 Å². The highest BCUT2D eigenvalue weighted by Gasteiger charge is 2.37. The normalized spacial score (nSPS) is 14.1. The molecule has 0 bridgehead atoms. The van der Waals surface area contributed by atoms with Crippen LogP contribution in [0.15, 0.2) is 71.5 Å². The number of nitrogens with one attached hydrogen (secondary N) is 1. The summed E-state index contributed by atoms with van der Waals surface area (Å²) in [5.41, 5.74) is 1.48. The molecule has 2 aromatic heterocycles. The minimum Gasteiger partial charge on any atom is -0.448 e. The van der Waals surface area contributed by atoms with Crippen LogP contribution in [0.2, 0.25) is 0 Å². The van der Waals surface area contributed by atoms with Gasteiger partial charge in [-0.3, -0.25) is 9.69 Å². The third-order valence-corrected chi connectivity index (χ3v) is 6.66. The number of benzene rings is 2. The molecular weight excluding hydrogens is 533 g/mol. The molecule has 0 unspecified atom stereocenters. The Morgan fingerprint density at radius 1 is 1.10 bits per heavy atom. The van der Waals surface area contributed by atoms with Crippen molar-refractivity contribution in [3.8, 4) is 5.75 Å². The summed E-state index contributed by atoms with van der Waals surface area (Å²) in [6.07, 6.45) is 1.31. The molecular formula is C30H28FN3O7. The summed E-state index contributed by atoms with van der Waals surface area (Å²) < 4.78 is 34.9. The Morgan fingerprint density at radius 2 is 1.85 bits per heavy atom. The molecule has 2 aromatic carbocycles. The largest absolute Gasteiger partial charge is 0.513 e. The number of ether oxygens (including phenoxy) is 3. The number of hydrogen-bond acceptors (Lipinski definition) is 7. The van der Waals surface area contributed by atoms with E-state index in [-0.39, 0.29) is 30.2 Å². The molecule has 10 nitrogen and oxygen atoms in total. The molecule has 0 aliphatic carbocycles. The van der Waals surface area contributed by atoms with Gasteiger partial charge >= 0.3 is 12.2 Å². The van der Waals surface area contributed by atoms with Crippen molar-refractivity contribution in [2.45, 2.75) is 26.2 Å². The van der Waals surface area contributed by atoms with Crippen LogP contribution in [0.5, 0.6) is 5.75 Å². The summed E-state index contributed by atoms with van der Waals surface area (Å²) in [6.45, 7) is 5.87. The van der Waals surface area contributed by atoms with E-state index in [0.29, 0.717) is 17.1 Å². The number of nitrogens with zero attached hydrogens (tertiary/aromatic N) is 2. The third kappa shape index (κ3) is 5.51. The van der Waals surface area contributed by atoms with Crippen LogP contribution in [0.3, 0.4) is 0 Å². The summed E-state index contributed by atoms with van der Waals surface area (Å²) >= 11 is 0. The van der Waals surface area contributed by atoms with Crippen LogP contribution in [0.4, 0.5) is 19.9 Å². The molecule has 0 atom stereocenters. The van der Waals surface area contributed by atoms with Gasteiger partial charge < -0.3 is 28.5 Å². The molecule has 2 amide bonds. The maximum atomic E-state index is 13.5. The van der Waals surface area contributed by atoms with Crippen molar-refractivity contribution in [2.75, 3.05) is 25.1 Å². The average Bonchev–Trinajstić information content (AvgIpc) is 3.58. The number of rotatable bonds is 5. The van der Waals surface area contributed by atoms with Crippen molar-refractivity contribution >= 4 is 40.7 Å². The van der Waals surface area contributed by atoms with Gasteiger partial charge in [0.15, 0.2) is 5.76 Å².